The number of hydrogen-bond acceptors (Lipinski definition) is 2. The van der Waals surface area contributed by atoms with Crippen molar-refractivity contribution in [3.05, 3.63) is 0 Å². The maximum atomic E-state index is 12.1. The Morgan fingerprint density at radius 1 is 1.15 bits per heavy atom. The second-order valence-corrected chi connectivity index (χ2v) is 7.39. The summed E-state index contributed by atoms with van der Waals surface area (Å²) in [6, 6.07) is -0.0776. The summed E-state index contributed by atoms with van der Waals surface area (Å²) in [5.74, 6) is -1.05. The topological polar surface area (TPSA) is 69.6 Å². The molecule has 1 fully saturated rings. The van der Waals surface area contributed by atoms with E-state index in [4.69, 9.17) is 5.11 Å². The fraction of sp³-hybridized carbons (Fsp3) is 0.867. The van der Waals surface area contributed by atoms with Gasteiger partial charge >= 0.3 is 12.0 Å². The lowest BCUT2D eigenvalue weighted by atomic mass is 9.69. The van der Waals surface area contributed by atoms with Crippen LogP contribution >= 0.6 is 0 Å². The van der Waals surface area contributed by atoms with Crippen LogP contribution in [0.2, 0.25) is 0 Å². The number of carbonyl (C=O) groups is 2. The Balaban J connectivity index is 2.44. The molecule has 2 amide bonds. The van der Waals surface area contributed by atoms with Gasteiger partial charge in [-0.3, -0.25) is 4.79 Å². The van der Waals surface area contributed by atoms with E-state index in [0.29, 0.717) is 32.5 Å². The fourth-order valence-corrected chi connectivity index (χ4v) is 2.00. The summed E-state index contributed by atoms with van der Waals surface area (Å²) in [5.41, 5.74) is 0.110. The van der Waals surface area contributed by atoms with Crippen molar-refractivity contribution in [3.8, 4) is 0 Å². The number of carboxylic acids is 1. The molecule has 0 saturated carbocycles. The van der Waals surface area contributed by atoms with Crippen LogP contribution < -0.4 is 5.32 Å². The minimum absolute atomic E-state index is 0.00203. The second kappa shape index (κ2) is 6.02. The highest BCUT2D eigenvalue weighted by Gasteiger charge is 2.34. The molecule has 0 aromatic carbocycles. The normalized spacial score (nSPS) is 17.9. The predicted octanol–water partition coefficient (Wildman–Crippen LogP) is 2.56. The molecular formula is C15H28N2O3. The molecule has 0 aliphatic carbocycles. The highest BCUT2D eigenvalue weighted by Crippen LogP contribution is 2.37. The van der Waals surface area contributed by atoms with Crippen molar-refractivity contribution >= 4 is 12.0 Å². The van der Waals surface area contributed by atoms with Crippen LogP contribution in [0.1, 0.15) is 47.5 Å². The van der Waals surface area contributed by atoms with Gasteiger partial charge in [-0.1, -0.05) is 34.6 Å². The van der Waals surface area contributed by atoms with Crippen molar-refractivity contribution in [2.24, 2.45) is 16.7 Å². The maximum Gasteiger partial charge on any atom is 0.317 e. The first-order valence-corrected chi connectivity index (χ1v) is 7.30. The molecule has 1 aliphatic heterocycles. The molecular weight excluding hydrogens is 256 g/mol. The smallest absolute Gasteiger partial charge is 0.317 e. The van der Waals surface area contributed by atoms with Gasteiger partial charge in [0.2, 0.25) is 0 Å². The highest BCUT2D eigenvalue weighted by atomic mass is 16.4. The summed E-state index contributed by atoms with van der Waals surface area (Å²) in [5, 5.41) is 11.9. The number of nitrogens with one attached hydrogen (secondary N) is 1. The summed E-state index contributed by atoms with van der Waals surface area (Å²) in [7, 11) is 0. The Morgan fingerprint density at radius 3 is 2.05 bits per heavy atom. The average Bonchev–Trinajstić information content (AvgIpc) is 2.34. The van der Waals surface area contributed by atoms with Crippen LogP contribution in [0.3, 0.4) is 0 Å². The third-order valence-electron chi connectivity index (χ3n) is 4.84. The van der Waals surface area contributed by atoms with Crippen molar-refractivity contribution in [1.82, 2.24) is 10.2 Å². The van der Waals surface area contributed by atoms with Gasteiger partial charge in [-0.2, -0.15) is 0 Å². The summed E-state index contributed by atoms with van der Waals surface area (Å²) in [6.45, 7) is 12.5. The summed E-state index contributed by atoms with van der Waals surface area (Å²) in [4.78, 5) is 24.7. The van der Waals surface area contributed by atoms with Crippen LogP contribution in [0.15, 0.2) is 0 Å². The van der Waals surface area contributed by atoms with E-state index in [1.807, 2.05) is 0 Å². The van der Waals surface area contributed by atoms with Gasteiger partial charge in [0, 0.05) is 19.6 Å². The fourth-order valence-electron chi connectivity index (χ4n) is 2.00. The van der Waals surface area contributed by atoms with Gasteiger partial charge in [0.05, 0.1) is 5.92 Å². The zero-order chi connectivity index (χ0) is 15.6. The van der Waals surface area contributed by atoms with E-state index in [1.165, 1.54) is 0 Å². The first kappa shape index (κ1) is 16.8. The number of urea groups is 1. The van der Waals surface area contributed by atoms with Gasteiger partial charge < -0.3 is 15.3 Å². The molecule has 0 aromatic rings. The van der Waals surface area contributed by atoms with E-state index in [-0.39, 0.29) is 22.8 Å². The summed E-state index contributed by atoms with van der Waals surface area (Å²) >= 11 is 0. The highest BCUT2D eigenvalue weighted by molar-refractivity contribution is 5.75. The Labute approximate surface area is 121 Å². The van der Waals surface area contributed by atoms with Crippen molar-refractivity contribution in [2.75, 3.05) is 19.6 Å². The standard InChI is InChI=1S/C15H28N2O3/c1-14(2,3)15(4,5)10-16-13(20)17-8-6-11(7-9-17)12(18)19/h11H,6-10H2,1-5H3,(H,16,20)(H,18,19). The van der Waals surface area contributed by atoms with E-state index in [2.05, 4.69) is 39.9 Å². The summed E-state index contributed by atoms with van der Waals surface area (Å²) < 4.78 is 0. The largest absolute Gasteiger partial charge is 0.481 e. The van der Waals surface area contributed by atoms with Gasteiger partial charge in [-0.15, -0.1) is 0 Å². The van der Waals surface area contributed by atoms with Crippen molar-refractivity contribution in [2.45, 2.75) is 47.5 Å². The average molecular weight is 284 g/mol. The van der Waals surface area contributed by atoms with Crippen LogP contribution in [0.4, 0.5) is 4.79 Å². The molecule has 0 radical (unpaired) electrons. The van der Waals surface area contributed by atoms with Crippen molar-refractivity contribution < 1.29 is 14.7 Å². The number of likely N-dealkylation sites (tertiary alicyclic amines) is 1. The molecule has 1 aliphatic rings. The number of amides is 2. The van der Waals surface area contributed by atoms with Gasteiger partial charge in [0.25, 0.3) is 0 Å². The molecule has 116 valence electrons. The molecule has 0 atom stereocenters. The number of rotatable bonds is 3. The van der Waals surface area contributed by atoms with Gasteiger partial charge in [-0.05, 0) is 23.7 Å². The molecule has 1 rings (SSSR count). The second-order valence-electron chi connectivity index (χ2n) is 7.39. The van der Waals surface area contributed by atoms with Crippen LogP contribution in [0.25, 0.3) is 0 Å². The first-order valence-electron chi connectivity index (χ1n) is 7.30. The number of aliphatic carboxylic acids is 1. The molecule has 0 bridgehead atoms. The van der Waals surface area contributed by atoms with E-state index in [9.17, 15) is 9.59 Å². The Kier molecular flexibility index (Phi) is 5.05. The van der Waals surface area contributed by atoms with Crippen LogP contribution in [0.5, 0.6) is 0 Å². The Hall–Kier alpha value is -1.26. The van der Waals surface area contributed by atoms with Crippen LogP contribution in [0, 0.1) is 16.7 Å². The Bertz CT molecular complexity index is 364. The Morgan fingerprint density at radius 2 is 1.65 bits per heavy atom. The minimum atomic E-state index is -0.751. The third-order valence-corrected chi connectivity index (χ3v) is 4.84. The molecule has 1 heterocycles. The van der Waals surface area contributed by atoms with Gasteiger partial charge in [0.15, 0.2) is 0 Å². The third kappa shape index (κ3) is 4.12. The van der Waals surface area contributed by atoms with E-state index in [1.54, 1.807) is 4.90 Å². The summed E-state index contributed by atoms with van der Waals surface area (Å²) in [6.07, 6.45) is 1.09. The lowest BCUT2D eigenvalue weighted by Gasteiger charge is -2.39. The van der Waals surface area contributed by atoms with Crippen LogP contribution in [-0.4, -0.2) is 41.6 Å². The number of nitrogens with zero attached hydrogens (tertiary/aromatic N) is 1. The SMILES string of the molecule is CC(C)(C)C(C)(C)CNC(=O)N1CCC(C(=O)O)CC1. The molecule has 0 unspecified atom stereocenters. The number of piperidine rings is 1. The van der Waals surface area contributed by atoms with Crippen molar-refractivity contribution in [1.29, 1.82) is 0 Å². The predicted molar refractivity (Wildman–Crippen MR) is 78.6 cm³/mol. The zero-order valence-electron chi connectivity index (χ0n) is 13.3. The monoisotopic (exact) mass is 284 g/mol. The molecule has 5 nitrogen and oxygen atoms in total. The van der Waals surface area contributed by atoms with E-state index in [0.717, 1.165) is 0 Å². The lowest BCUT2D eigenvalue weighted by molar-refractivity contribution is -0.143. The maximum absolute atomic E-state index is 12.1. The lowest BCUT2D eigenvalue weighted by Crippen LogP contribution is -2.49. The molecule has 2 N–H and O–H groups in total. The molecule has 0 spiro atoms. The molecule has 1 saturated heterocycles. The van der Waals surface area contributed by atoms with Gasteiger partial charge in [0.1, 0.15) is 0 Å². The quantitative estimate of drug-likeness (QED) is 0.837. The van der Waals surface area contributed by atoms with Gasteiger partial charge in [-0.25, -0.2) is 4.79 Å². The first-order chi connectivity index (χ1) is 9.04. The molecule has 20 heavy (non-hydrogen) atoms. The molecule has 5 heteroatoms. The minimum Gasteiger partial charge on any atom is -0.481 e. The van der Waals surface area contributed by atoms with Crippen molar-refractivity contribution in [3.63, 3.8) is 0 Å². The molecule has 0 aromatic heterocycles. The van der Waals surface area contributed by atoms with E-state index >= 15 is 0 Å². The van der Waals surface area contributed by atoms with Crippen LogP contribution in [-0.2, 0) is 4.79 Å². The zero-order valence-corrected chi connectivity index (χ0v) is 13.3. The number of hydrogen-bond donors (Lipinski definition) is 2. The number of carboxylic acid groups (broad SMARTS) is 1. The van der Waals surface area contributed by atoms with E-state index < -0.39 is 5.97 Å². The number of carbonyl (C=O) groups excluding carboxylic acids is 1.